The van der Waals surface area contributed by atoms with Crippen LogP contribution in [-0.2, 0) is 21.4 Å². The fourth-order valence-electron chi connectivity index (χ4n) is 8.24. The first kappa shape index (κ1) is 32.7. The summed E-state index contributed by atoms with van der Waals surface area (Å²) in [5.74, 6) is 1.39. The average Bonchev–Trinajstić information content (AvgIpc) is 3.79. The van der Waals surface area contributed by atoms with Gasteiger partial charge >= 0.3 is 5.97 Å². The topological polar surface area (TPSA) is 76.1 Å². The monoisotopic (exact) mass is 625 g/mol. The van der Waals surface area contributed by atoms with Crippen molar-refractivity contribution < 1.29 is 24.2 Å². The van der Waals surface area contributed by atoms with Crippen LogP contribution in [0.4, 0.5) is 0 Å². The lowest BCUT2D eigenvalue weighted by Crippen LogP contribution is -2.76. The molecule has 0 aromatic heterocycles. The molecule has 6 nitrogen and oxygen atoms in total. The second-order valence-electron chi connectivity index (χ2n) is 13.8. The Bertz CT molecular complexity index is 1420. The summed E-state index contributed by atoms with van der Waals surface area (Å²) in [7, 11) is 0. The van der Waals surface area contributed by atoms with Gasteiger partial charge in [0.05, 0.1) is 11.0 Å². The molecule has 1 aromatic rings. The standard InChI is InChI=1S/C40H51NO5/c1-2-3-4-5-6-7-8-9-10-11-12-13-14-15-16-17-18-19-35(43)45-33-23-22-31-28-34-40(44)25-24-32(42)38-39(40,36(31)37(33)46-38)26-27-41(34)29-30-20-21-30/h3-4,6-7,9-10,12-13,15-16,22-23,30,34,38,44H,2,5,8,11,14,17-21,24-29H2,1H3/b4-3-,7-6-,10-9-,13-12-,16-15-/t34-,38+,39?,40-/m1/s1. The van der Waals surface area contributed by atoms with Crippen molar-refractivity contribution in [3.05, 3.63) is 84.0 Å². The van der Waals surface area contributed by atoms with Crippen LogP contribution in [0.25, 0.3) is 0 Å². The number of rotatable bonds is 16. The molecule has 2 saturated carbocycles. The molecule has 1 unspecified atom stereocenters. The fraction of sp³-hybridized carbons (Fsp3) is 0.550. The molecule has 2 heterocycles. The van der Waals surface area contributed by atoms with Crippen molar-refractivity contribution in [3.63, 3.8) is 0 Å². The number of hydrogen-bond donors (Lipinski definition) is 1. The number of ketones is 1. The van der Waals surface area contributed by atoms with Gasteiger partial charge < -0.3 is 14.6 Å². The van der Waals surface area contributed by atoms with E-state index in [0.29, 0.717) is 43.6 Å². The van der Waals surface area contributed by atoms with E-state index in [1.807, 2.05) is 12.1 Å². The van der Waals surface area contributed by atoms with E-state index in [1.54, 1.807) is 0 Å². The minimum absolute atomic E-state index is 0.0103. The van der Waals surface area contributed by atoms with E-state index in [9.17, 15) is 14.7 Å². The second kappa shape index (κ2) is 14.7. The highest BCUT2D eigenvalue weighted by Crippen LogP contribution is 2.65. The quantitative estimate of drug-likeness (QED) is 0.0881. The number of aliphatic hydroxyl groups is 1. The Kier molecular flexibility index (Phi) is 10.4. The number of piperidine rings is 1. The van der Waals surface area contributed by atoms with Gasteiger partial charge in [-0.1, -0.05) is 73.8 Å². The summed E-state index contributed by atoms with van der Waals surface area (Å²) in [6.07, 6.45) is 32.6. The van der Waals surface area contributed by atoms with Gasteiger partial charge in [0.15, 0.2) is 23.4 Å². The summed E-state index contributed by atoms with van der Waals surface area (Å²) < 4.78 is 12.3. The number of carbonyl (C=O) groups is 2. The number of nitrogens with zero attached hydrogens (tertiary/aromatic N) is 1. The van der Waals surface area contributed by atoms with Gasteiger partial charge in [0.1, 0.15) is 0 Å². The lowest BCUT2D eigenvalue weighted by Gasteiger charge is -2.62. The van der Waals surface area contributed by atoms with Crippen molar-refractivity contribution in [1.29, 1.82) is 0 Å². The molecule has 6 heteroatoms. The highest BCUT2D eigenvalue weighted by Gasteiger charge is 2.73. The Labute approximate surface area is 274 Å². The van der Waals surface area contributed by atoms with E-state index >= 15 is 0 Å². The minimum atomic E-state index is -1.01. The smallest absolute Gasteiger partial charge is 0.311 e. The summed E-state index contributed by atoms with van der Waals surface area (Å²) >= 11 is 0. The van der Waals surface area contributed by atoms with Crippen LogP contribution in [0.2, 0.25) is 0 Å². The van der Waals surface area contributed by atoms with E-state index in [0.717, 1.165) is 75.1 Å². The molecular formula is C40H51NO5. The summed E-state index contributed by atoms with van der Waals surface area (Å²) in [5.41, 5.74) is 0.289. The molecule has 0 radical (unpaired) electrons. The largest absolute Gasteiger partial charge is 0.477 e. The van der Waals surface area contributed by atoms with E-state index in [1.165, 1.54) is 12.8 Å². The van der Waals surface area contributed by atoms with Gasteiger partial charge in [0.2, 0.25) is 0 Å². The Morgan fingerprint density at radius 1 is 0.978 bits per heavy atom. The lowest BCUT2D eigenvalue weighted by molar-refractivity contribution is -0.188. The van der Waals surface area contributed by atoms with Gasteiger partial charge in [-0.3, -0.25) is 14.5 Å². The van der Waals surface area contributed by atoms with Crippen LogP contribution in [0.15, 0.2) is 72.9 Å². The minimum Gasteiger partial charge on any atom is -0.477 e. The molecule has 2 aliphatic heterocycles. The highest BCUT2D eigenvalue weighted by molar-refractivity contribution is 5.90. The molecular weight excluding hydrogens is 574 g/mol. The number of ether oxygens (including phenoxy) is 2. The van der Waals surface area contributed by atoms with Crippen molar-refractivity contribution in [1.82, 2.24) is 4.90 Å². The zero-order valence-electron chi connectivity index (χ0n) is 27.5. The number of carbonyl (C=O) groups excluding carboxylic acids is 2. The molecule has 1 saturated heterocycles. The van der Waals surface area contributed by atoms with Crippen molar-refractivity contribution in [2.24, 2.45) is 5.92 Å². The van der Waals surface area contributed by atoms with Crippen molar-refractivity contribution in [2.75, 3.05) is 13.1 Å². The SMILES string of the molecule is CC/C=C\C/C=C\C/C=C\C/C=C\C/C=C\CCCC(=O)Oc1ccc2c3c1O[C@H]1C(=O)CC[C@@]4(O)[C@@H](C2)N(CC2CC2)CCC314. The Balaban J connectivity index is 0.980. The molecule has 46 heavy (non-hydrogen) atoms. The Morgan fingerprint density at radius 2 is 1.65 bits per heavy atom. The first-order valence-electron chi connectivity index (χ1n) is 17.8. The van der Waals surface area contributed by atoms with Crippen molar-refractivity contribution in [3.8, 4) is 11.5 Å². The van der Waals surface area contributed by atoms with E-state index in [2.05, 4.69) is 72.6 Å². The number of hydrogen-bond acceptors (Lipinski definition) is 6. The third-order valence-corrected chi connectivity index (χ3v) is 10.7. The lowest BCUT2D eigenvalue weighted by atomic mass is 9.49. The van der Waals surface area contributed by atoms with Crippen molar-refractivity contribution >= 4 is 11.8 Å². The maximum atomic E-state index is 13.3. The summed E-state index contributed by atoms with van der Waals surface area (Å²) in [6, 6.07) is 3.86. The number of unbranched alkanes of at least 4 members (excludes halogenated alkanes) is 1. The number of likely N-dealkylation sites (tertiary alicyclic amines) is 1. The van der Waals surface area contributed by atoms with Gasteiger partial charge in [0.25, 0.3) is 0 Å². The molecule has 3 fully saturated rings. The van der Waals surface area contributed by atoms with Gasteiger partial charge in [-0.25, -0.2) is 0 Å². The maximum Gasteiger partial charge on any atom is 0.311 e. The second-order valence-corrected chi connectivity index (χ2v) is 13.8. The molecule has 6 rings (SSSR count). The van der Waals surface area contributed by atoms with E-state index in [4.69, 9.17) is 9.47 Å². The third kappa shape index (κ3) is 6.61. The Hall–Kier alpha value is -3.22. The molecule has 2 bridgehead atoms. The molecule has 1 spiro atoms. The number of benzene rings is 1. The molecule has 1 aromatic carbocycles. The van der Waals surface area contributed by atoms with Gasteiger partial charge in [0, 0.05) is 31.0 Å². The number of allylic oxidation sites excluding steroid dienone is 10. The number of Topliss-reactive ketones (excluding diaryl/α,β-unsaturated/α-hetero) is 1. The van der Waals surface area contributed by atoms with E-state index < -0.39 is 17.1 Å². The third-order valence-electron chi connectivity index (χ3n) is 10.7. The normalized spacial score (nSPS) is 28.7. The van der Waals surface area contributed by atoms with E-state index in [-0.39, 0.29) is 17.8 Å². The van der Waals surface area contributed by atoms with Crippen LogP contribution >= 0.6 is 0 Å². The maximum absolute atomic E-state index is 13.3. The number of esters is 1. The van der Waals surface area contributed by atoms with Gasteiger partial charge in [-0.2, -0.15) is 0 Å². The zero-order chi connectivity index (χ0) is 32.0. The van der Waals surface area contributed by atoms with Crippen LogP contribution in [0.5, 0.6) is 11.5 Å². The molecule has 4 atom stereocenters. The first-order valence-corrected chi connectivity index (χ1v) is 17.8. The molecule has 5 aliphatic rings. The molecule has 0 amide bonds. The molecule has 1 N–H and O–H groups in total. The van der Waals surface area contributed by atoms with Crippen LogP contribution in [-0.4, -0.2) is 52.6 Å². The fourth-order valence-corrected chi connectivity index (χ4v) is 8.24. The van der Waals surface area contributed by atoms with Crippen LogP contribution in [0.1, 0.15) is 102 Å². The molecule has 246 valence electrons. The zero-order valence-corrected chi connectivity index (χ0v) is 27.5. The summed E-state index contributed by atoms with van der Waals surface area (Å²) in [6.45, 7) is 4.03. The Morgan fingerprint density at radius 3 is 2.33 bits per heavy atom. The highest BCUT2D eigenvalue weighted by atomic mass is 16.6. The van der Waals surface area contributed by atoms with Crippen molar-refractivity contribution in [2.45, 2.75) is 120 Å². The first-order chi connectivity index (χ1) is 22.5. The van der Waals surface area contributed by atoms with Gasteiger partial charge in [-0.15, -0.1) is 0 Å². The van der Waals surface area contributed by atoms with Crippen LogP contribution in [0, 0.1) is 5.92 Å². The summed E-state index contributed by atoms with van der Waals surface area (Å²) in [4.78, 5) is 28.7. The van der Waals surface area contributed by atoms with Gasteiger partial charge in [-0.05, 0) is 101 Å². The summed E-state index contributed by atoms with van der Waals surface area (Å²) in [5, 5.41) is 12.4. The average molecular weight is 626 g/mol. The van der Waals surface area contributed by atoms with Crippen LogP contribution < -0.4 is 9.47 Å². The predicted molar refractivity (Wildman–Crippen MR) is 182 cm³/mol. The predicted octanol–water partition coefficient (Wildman–Crippen LogP) is 7.65. The molecule has 3 aliphatic carbocycles. The van der Waals surface area contributed by atoms with Crippen LogP contribution in [0.3, 0.4) is 0 Å².